The van der Waals surface area contributed by atoms with Gasteiger partial charge in [-0.3, -0.25) is 18.9 Å². The Hall–Kier alpha value is -3.43. The van der Waals surface area contributed by atoms with Gasteiger partial charge in [0, 0.05) is 6.54 Å². The minimum absolute atomic E-state index is 0.0257. The van der Waals surface area contributed by atoms with Crippen molar-refractivity contribution < 1.29 is 13.2 Å². The molecule has 3 aromatic carbocycles. The van der Waals surface area contributed by atoms with E-state index in [0.29, 0.717) is 16.8 Å². The first-order valence-electron chi connectivity index (χ1n) is 10.9. The van der Waals surface area contributed by atoms with Gasteiger partial charge in [-0.05, 0) is 49.2 Å². The predicted molar refractivity (Wildman–Crippen MR) is 136 cm³/mol. The van der Waals surface area contributed by atoms with E-state index in [1.807, 2.05) is 44.2 Å². The average molecular weight is 496 g/mol. The molecule has 0 unspecified atom stereocenters. The van der Waals surface area contributed by atoms with Crippen LogP contribution in [0.5, 0.6) is 0 Å². The molecule has 0 saturated heterocycles. The number of hydrogen-bond acceptors (Lipinski definition) is 5. The number of carbonyl (C=O) groups excluding carboxylic acids is 1. The van der Waals surface area contributed by atoms with Gasteiger partial charge in [0.15, 0.2) is 0 Å². The summed E-state index contributed by atoms with van der Waals surface area (Å²) in [7, 11) is -3.99. The number of carbonyl (C=O) groups is 1. The summed E-state index contributed by atoms with van der Waals surface area (Å²) in [6, 6.07) is 20.3. The van der Waals surface area contributed by atoms with Gasteiger partial charge in [-0.25, -0.2) is 8.42 Å². The normalized spacial score (nSPS) is 12.4. The molecule has 0 saturated carbocycles. The molecular formula is C25H25N3O4S2. The molecule has 7 nitrogen and oxygen atoms in total. The molecule has 176 valence electrons. The second kappa shape index (κ2) is 9.82. The summed E-state index contributed by atoms with van der Waals surface area (Å²) >= 11 is 1.02. The Labute approximate surface area is 202 Å². The monoisotopic (exact) mass is 495 g/mol. The van der Waals surface area contributed by atoms with Crippen molar-refractivity contribution in [1.29, 1.82) is 0 Å². The number of thiazole rings is 1. The third-order valence-electron chi connectivity index (χ3n) is 5.46. The minimum Gasteiger partial charge on any atom is -0.345 e. The highest BCUT2D eigenvalue weighted by atomic mass is 32.2. The Morgan fingerprint density at radius 2 is 1.74 bits per heavy atom. The highest BCUT2D eigenvalue weighted by Crippen LogP contribution is 2.25. The molecule has 1 atom stereocenters. The first kappa shape index (κ1) is 23.7. The summed E-state index contributed by atoms with van der Waals surface area (Å²) in [5.74, 6) is -0.389. The van der Waals surface area contributed by atoms with Gasteiger partial charge in [-0.2, -0.15) is 0 Å². The molecule has 34 heavy (non-hydrogen) atoms. The van der Waals surface area contributed by atoms with Gasteiger partial charge in [-0.15, -0.1) is 0 Å². The zero-order valence-corrected chi connectivity index (χ0v) is 20.4. The summed E-state index contributed by atoms with van der Waals surface area (Å²) in [6.45, 7) is 4.42. The van der Waals surface area contributed by atoms with Gasteiger partial charge in [0.2, 0.25) is 0 Å². The molecular weight excluding hydrogens is 470 g/mol. The molecule has 2 N–H and O–H groups in total. The molecule has 4 aromatic rings. The number of para-hydroxylation sites is 1. The lowest BCUT2D eigenvalue weighted by Gasteiger charge is -2.17. The number of hydrogen-bond donors (Lipinski definition) is 2. The van der Waals surface area contributed by atoms with Crippen molar-refractivity contribution in [3.8, 4) is 0 Å². The standard InChI is InChI=1S/C25H25N3O4S2/c1-3-15-28-22-14-13-19(16-23(22)33-25(28)30)34(31,32)27-21-12-8-7-11-20(21)24(29)26-17(2)18-9-5-4-6-10-18/h4-14,16-17,27H,3,15H2,1-2H3,(H,26,29)/t17-/m0/s1. The molecule has 0 radical (unpaired) electrons. The van der Waals surface area contributed by atoms with E-state index in [2.05, 4.69) is 10.0 Å². The van der Waals surface area contributed by atoms with Crippen molar-refractivity contribution >= 4 is 43.2 Å². The fourth-order valence-electron chi connectivity index (χ4n) is 3.72. The fraction of sp³-hybridized carbons (Fsp3) is 0.200. The van der Waals surface area contributed by atoms with Crippen LogP contribution in [0.15, 0.2) is 82.5 Å². The first-order valence-corrected chi connectivity index (χ1v) is 13.2. The lowest BCUT2D eigenvalue weighted by atomic mass is 10.1. The molecule has 4 rings (SSSR count). The highest BCUT2D eigenvalue weighted by molar-refractivity contribution is 7.92. The van der Waals surface area contributed by atoms with Crippen LogP contribution in [-0.2, 0) is 16.6 Å². The van der Waals surface area contributed by atoms with Gasteiger partial charge in [-0.1, -0.05) is 60.7 Å². The summed E-state index contributed by atoms with van der Waals surface area (Å²) in [5, 5.41) is 2.91. The van der Waals surface area contributed by atoms with E-state index >= 15 is 0 Å². The number of amides is 1. The van der Waals surface area contributed by atoms with Crippen molar-refractivity contribution in [1.82, 2.24) is 9.88 Å². The maximum absolute atomic E-state index is 13.2. The van der Waals surface area contributed by atoms with Crippen molar-refractivity contribution in [2.24, 2.45) is 0 Å². The lowest BCUT2D eigenvalue weighted by molar-refractivity contribution is 0.0941. The average Bonchev–Trinajstić information content (AvgIpc) is 3.14. The number of sulfonamides is 1. The van der Waals surface area contributed by atoms with Crippen LogP contribution in [0.3, 0.4) is 0 Å². The third-order valence-corrected chi connectivity index (χ3v) is 7.77. The van der Waals surface area contributed by atoms with Crippen molar-refractivity contribution in [2.75, 3.05) is 4.72 Å². The zero-order chi connectivity index (χ0) is 24.3. The van der Waals surface area contributed by atoms with Crippen LogP contribution in [0.1, 0.15) is 42.2 Å². The van der Waals surface area contributed by atoms with Gasteiger partial charge in [0.1, 0.15) is 0 Å². The Morgan fingerprint density at radius 1 is 1.03 bits per heavy atom. The number of benzene rings is 3. The number of nitrogens with one attached hydrogen (secondary N) is 2. The lowest BCUT2D eigenvalue weighted by Crippen LogP contribution is -2.28. The zero-order valence-electron chi connectivity index (χ0n) is 18.8. The van der Waals surface area contributed by atoms with Crippen LogP contribution in [0.25, 0.3) is 10.2 Å². The number of fused-ring (bicyclic) bond motifs is 1. The summed E-state index contributed by atoms with van der Waals surface area (Å²) in [4.78, 5) is 25.1. The van der Waals surface area contributed by atoms with Crippen LogP contribution in [0.2, 0.25) is 0 Å². The third kappa shape index (κ3) is 4.90. The SMILES string of the molecule is CCCn1c(=O)sc2cc(S(=O)(=O)Nc3ccccc3C(=O)N[C@@H](C)c3ccccc3)ccc21. The molecule has 0 aliphatic rings. The molecule has 0 bridgehead atoms. The van der Waals surface area contributed by atoms with E-state index in [0.717, 1.165) is 23.3 Å². The number of anilines is 1. The second-order valence-electron chi connectivity index (χ2n) is 7.91. The van der Waals surface area contributed by atoms with Gasteiger partial charge in [0.25, 0.3) is 15.9 Å². The van der Waals surface area contributed by atoms with E-state index in [1.54, 1.807) is 34.9 Å². The number of nitrogens with zero attached hydrogens (tertiary/aromatic N) is 1. The van der Waals surface area contributed by atoms with E-state index in [9.17, 15) is 18.0 Å². The fourth-order valence-corrected chi connectivity index (χ4v) is 5.86. The first-order chi connectivity index (χ1) is 16.3. The van der Waals surface area contributed by atoms with Crippen molar-refractivity contribution in [2.45, 2.75) is 37.8 Å². The summed E-state index contributed by atoms with van der Waals surface area (Å²) < 4.78 is 31.1. The minimum atomic E-state index is -3.99. The van der Waals surface area contributed by atoms with Crippen LogP contribution in [0.4, 0.5) is 5.69 Å². The van der Waals surface area contributed by atoms with Gasteiger partial charge in [0.05, 0.1) is 32.4 Å². The highest BCUT2D eigenvalue weighted by Gasteiger charge is 2.21. The Morgan fingerprint density at radius 3 is 2.47 bits per heavy atom. The summed E-state index contributed by atoms with van der Waals surface area (Å²) in [5.41, 5.74) is 2.05. The van der Waals surface area contributed by atoms with E-state index < -0.39 is 10.0 Å². The van der Waals surface area contributed by atoms with Crippen LogP contribution in [-0.4, -0.2) is 18.9 Å². The number of rotatable bonds is 8. The molecule has 0 spiro atoms. The smallest absolute Gasteiger partial charge is 0.308 e. The van der Waals surface area contributed by atoms with Gasteiger partial charge >= 0.3 is 4.87 Å². The maximum Gasteiger partial charge on any atom is 0.308 e. The van der Waals surface area contributed by atoms with Gasteiger partial charge < -0.3 is 5.32 Å². The molecule has 0 fully saturated rings. The number of aromatic nitrogens is 1. The van der Waals surface area contributed by atoms with Crippen LogP contribution >= 0.6 is 11.3 Å². The molecule has 0 aliphatic carbocycles. The Balaban J connectivity index is 1.60. The van der Waals surface area contributed by atoms with Crippen molar-refractivity contribution in [3.63, 3.8) is 0 Å². The van der Waals surface area contributed by atoms with Crippen molar-refractivity contribution in [3.05, 3.63) is 93.6 Å². The maximum atomic E-state index is 13.2. The molecule has 9 heteroatoms. The molecule has 1 amide bonds. The number of aryl methyl sites for hydroxylation is 1. The van der Waals surface area contributed by atoms with E-state index in [1.165, 1.54) is 12.1 Å². The molecule has 1 heterocycles. The molecule has 1 aromatic heterocycles. The van der Waals surface area contributed by atoms with Crippen LogP contribution in [0, 0.1) is 0 Å². The predicted octanol–water partition coefficient (Wildman–Crippen LogP) is 4.76. The quantitative estimate of drug-likeness (QED) is 0.368. The molecule has 0 aliphatic heterocycles. The topological polar surface area (TPSA) is 97.3 Å². The largest absolute Gasteiger partial charge is 0.345 e. The Kier molecular flexibility index (Phi) is 6.85. The second-order valence-corrected chi connectivity index (χ2v) is 10.6. The Bertz CT molecular complexity index is 1490. The summed E-state index contributed by atoms with van der Waals surface area (Å²) in [6.07, 6.45) is 0.801. The van der Waals surface area contributed by atoms with Crippen LogP contribution < -0.4 is 14.9 Å². The van der Waals surface area contributed by atoms with E-state index in [4.69, 9.17) is 0 Å². The van der Waals surface area contributed by atoms with E-state index in [-0.39, 0.29) is 33.0 Å².